The number of carbonyl (C=O) groups excluding carboxylic acids is 2. The minimum absolute atomic E-state index is 0.0299. The SMILES string of the molecule is COc1ccccc1N(Cc1ccccc1)S(=O)(=O)c1cc(C(=O)OCC(=O)c2c(-c3ccccc3)n(C)c3ccccc23)ccc1Cl. The Hall–Kier alpha value is -5.38. The Morgan fingerprint density at radius 2 is 1.46 bits per heavy atom. The molecule has 0 aliphatic heterocycles. The number of ether oxygens (including phenoxy) is 2. The van der Waals surface area contributed by atoms with Gasteiger partial charge in [-0.1, -0.05) is 103 Å². The molecule has 1 heterocycles. The minimum atomic E-state index is -4.36. The first-order valence-electron chi connectivity index (χ1n) is 15.0. The zero-order chi connectivity index (χ0) is 33.8. The Balaban J connectivity index is 1.31. The van der Waals surface area contributed by atoms with E-state index in [1.807, 2.05) is 96.5 Å². The molecule has 0 aliphatic rings. The molecule has 0 N–H and O–H groups in total. The van der Waals surface area contributed by atoms with Gasteiger partial charge in [0, 0.05) is 18.0 Å². The number of hydrogen-bond donors (Lipinski definition) is 0. The Morgan fingerprint density at radius 3 is 2.19 bits per heavy atom. The second kappa shape index (κ2) is 13.8. The molecule has 0 bridgehead atoms. The highest BCUT2D eigenvalue weighted by Crippen LogP contribution is 2.37. The van der Waals surface area contributed by atoms with Gasteiger partial charge in [0.05, 0.1) is 41.2 Å². The summed E-state index contributed by atoms with van der Waals surface area (Å²) in [5.41, 5.74) is 3.77. The number of sulfonamides is 1. The number of ketones is 1. The summed E-state index contributed by atoms with van der Waals surface area (Å²) in [5, 5.41) is 0.647. The molecule has 6 rings (SSSR count). The Morgan fingerprint density at radius 1 is 0.812 bits per heavy atom. The molecule has 6 aromatic rings. The fourth-order valence-electron chi connectivity index (χ4n) is 5.73. The number of Topliss-reactive ketones (excluding diaryl/α,β-unsaturated/α-hetero) is 1. The first-order chi connectivity index (χ1) is 23.2. The lowest BCUT2D eigenvalue weighted by atomic mass is 10.0. The van der Waals surface area contributed by atoms with E-state index in [1.165, 1.54) is 29.6 Å². The van der Waals surface area contributed by atoms with Crippen molar-refractivity contribution in [1.82, 2.24) is 4.57 Å². The van der Waals surface area contributed by atoms with Crippen molar-refractivity contribution in [1.29, 1.82) is 0 Å². The van der Waals surface area contributed by atoms with Crippen LogP contribution in [-0.4, -0.2) is 38.5 Å². The molecule has 5 aromatic carbocycles. The van der Waals surface area contributed by atoms with Gasteiger partial charge < -0.3 is 14.0 Å². The smallest absolute Gasteiger partial charge is 0.338 e. The summed E-state index contributed by atoms with van der Waals surface area (Å²) in [4.78, 5) is 26.8. The number of rotatable bonds is 11. The highest BCUT2D eigenvalue weighted by molar-refractivity contribution is 7.93. The molecule has 8 nitrogen and oxygen atoms in total. The second-order valence-electron chi connectivity index (χ2n) is 11.0. The van der Waals surface area contributed by atoms with Crippen LogP contribution in [0.25, 0.3) is 22.2 Å². The lowest BCUT2D eigenvalue weighted by molar-refractivity contribution is 0.0475. The summed E-state index contributed by atoms with van der Waals surface area (Å²) in [6.45, 7) is -0.587. The maximum absolute atomic E-state index is 14.3. The zero-order valence-corrected chi connectivity index (χ0v) is 27.7. The molecule has 0 saturated carbocycles. The minimum Gasteiger partial charge on any atom is -0.495 e. The van der Waals surface area contributed by atoms with Crippen molar-refractivity contribution in [3.05, 3.63) is 149 Å². The van der Waals surface area contributed by atoms with E-state index in [4.69, 9.17) is 21.1 Å². The molecule has 0 saturated heterocycles. The van der Waals surface area contributed by atoms with Crippen LogP contribution in [0.3, 0.4) is 0 Å². The first kappa shape index (κ1) is 32.6. The highest BCUT2D eigenvalue weighted by Gasteiger charge is 2.31. The van der Waals surface area contributed by atoms with Crippen LogP contribution in [0.1, 0.15) is 26.3 Å². The number of anilines is 1. The molecule has 10 heteroatoms. The molecule has 0 aliphatic carbocycles. The van der Waals surface area contributed by atoms with Crippen molar-refractivity contribution >= 4 is 50.0 Å². The number of carbonyl (C=O) groups is 2. The van der Waals surface area contributed by atoms with Crippen LogP contribution in [0, 0.1) is 0 Å². The number of esters is 1. The number of benzene rings is 5. The number of methoxy groups -OCH3 is 1. The van der Waals surface area contributed by atoms with Gasteiger partial charge in [0.25, 0.3) is 10.0 Å². The monoisotopic (exact) mass is 678 g/mol. The van der Waals surface area contributed by atoms with Crippen molar-refractivity contribution in [3.63, 3.8) is 0 Å². The van der Waals surface area contributed by atoms with Crippen LogP contribution >= 0.6 is 11.6 Å². The summed E-state index contributed by atoms with van der Waals surface area (Å²) in [5.74, 6) is -0.929. The van der Waals surface area contributed by atoms with E-state index in [2.05, 4.69) is 0 Å². The molecule has 0 radical (unpaired) electrons. The molecular weight excluding hydrogens is 648 g/mol. The summed E-state index contributed by atoms with van der Waals surface area (Å²) < 4.78 is 42.8. The quantitative estimate of drug-likeness (QED) is 0.102. The molecule has 0 spiro atoms. The number of para-hydroxylation sites is 3. The van der Waals surface area contributed by atoms with Gasteiger partial charge in [0.1, 0.15) is 10.6 Å². The van der Waals surface area contributed by atoms with Crippen LogP contribution in [0.15, 0.2) is 132 Å². The average Bonchev–Trinajstić information content (AvgIpc) is 3.42. The Bertz CT molecular complexity index is 2230. The number of halogens is 1. The second-order valence-corrected chi connectivity index (χ2v) is 13.2. The lowest BCUT2D eigenvalue weighted by Crippen LogP contribution is -2.31. The summed E-state index contributed by atoms with van der Waals surface area (Å²) in [6.07, 6.45) is 0. The highest BCUT2D eigenvalue weighted by atomic mass is 35.5. The molecule has 48 heavy (non-hydrogen) atoms. The molecule has 242 valence electrons. The van der Waals surface area contributed by atoms with Gasteiger partial charge in [-0.2, -0.15) is 0 Å². The van der Waals surface area contributed by atoms with Crippen LogP contribution in [0.5, 0.6) is 5.75 Å². The van der Waals surface area contributed by atoms with Gasteiger partial charge in [-0.3, -0.25) is 9.10 Å². The predicted molar refractivity (Wildman–Crippen MR) is 187 cm³/mol. The Kier molecular flexibility index (Phi) is 9.34. The van der Waals surface area contributed by atoms with E-state index in [0.717, 1.165) is 22.0 Å². The third-order valence-corrected chi connectivity index (χ3v) is 10.3. The number of aromatic nitrogens is 1. The van der Waals surface area contributed by atoms with Gasteiger partial charge in [0.2, 0.25) is 5.78 Å². The van der Waals surface area contributed by atoms with Gasteiger partial charge in [-0.15, -0.1) is 0 Å². The largest absolute Gasteiger partial charge is 0.495 e. The third-order valence-electron chi connectivity index (χ3n) is 8.03. The third kappa shape index (κ3) is 6.30. The van der Waals surface area contributed by atoms with Crippen molar-refractivity contribution in [2.45, 2.75) is 11.4 Å². The van der Waals surface area contributed by atoms with Gasteiger partial charge in [-0.25, -0.2) is 13.2 Å². The first-order valence-corrected chi connectivity index (χ1v) is 16.8. The van der Waals surface area contributed by atoms with E-state index in [0.29, 0.717) is 22.7 Å². The van der Waals surface area contributed by atoms with Crippen LogP contribution in [0.2, 0.25) is 5.02 Å². The van der Waals surface area contributed by atoms with E-state index in [9.17, 15) is 18.0 Å². The number of nitrogens with zero attached hydrogens (tertiary/aromatic N) is 2. The van der Waals surface area contributed by atoms with Crippen molar-refractivity contribution in [2.24, 2.45) is 7.05 Å². The van der Waals surface area contributed by atoms with Crippen molar-refractivity contribution in [2.75, 3.05) is 18.0 Å². The Labute approximate surface area is 283 Å². The van der Waals surface area contributed by atoms with Crippen LogP contribution in [-0.2, 0) is 28.4 Å². The van der Waals surface area contributed by atoms with Gasteiger partial charge >= 0.3 is 5.97 Å². The molecule has 1 aromatic heterocycles. The summed E-state index contributed by atoms with van der Waals surface area (Å²) in [6, 6.07) is 36.7. The zero-order valence-electron chi connectivity index (χ0n) is 26.2. The molecule has 0 fully saturated rings. The fourth-order valence-corrected chi connectivity index (χ4v) is 7.69. The number of hydrogen-bond acceptors (Lipinski definition) is 6. The van der Waals surface area contributed by atoms with E-state index >= 15 is 0 Å². The van der Waals surface area contributed by atoms with Gasteiger partial charge in [0.15, 0.2) is 6.61 Å². The number of aryl methyl sites for hydroxylation is 1. The normalized spacial score (nSPS) is 11.3. The van der Waals surface area contributed by atoms with Crippen LogP contribution < -0.4 is 9.04 Å². The maximum atomic E-state index is 14.3. The molecule has 0 atom stereocenters. The topological polar surface area (TPSA) is 94.9 Å². The van der Waals surface area contributed by atoms with E-state index < -0.39 is 28.4 Å². The molecule has 0 amide bonds. The predicted octanol–water partition coefficient (Wildman–Crippen LogP) is 7.94. The average molecular weight is 679 g/mol. The number of fused-ring (bicyclic) bond motifs is 1. The van der Waals surface area contributed by atoms with Crippen molar-refractivity contribution < 1.29 is 27.5 Å². The van der Waals surface area contributed by atoms with Crippen LogP contribution in [0.4, 0.5) is 5.69 Å². The summed E-state index contributed by atoms with van der Waals surface area (Å²) >= 11 is 6.49. The lowest BCUT2D eigenvalue weighted by Gasteiger charge is -2.26. The summed E-state index contributed by atoms with van der Waals surface area (Å²) in [7, 11) is -1.02. The van der Waals surface area contributed by atoms with E-state index in [1.54, 1.807) is 24.3 Å². The fraction of sp³-hybridized carbons (Fsp3) is 0.105. The van der Waals surface area contributed by atoms with E-state index in [-0.39, 0.29) is 22.0 Å². The van der Waals surface area contributed by atoms with Gasteiger partial charge in [-0.05, 0) is 47.5 Å². The van der Waals surface area contributed by atoms with Crippen molar-refractivity contribution in [3.8, 4) is 17.0 Å². The molecule has 0 unspecified atom stereocenters. The molecular formula is C38H31ClN2O6S. The standard InChI is InChI=1S/C38H31ClN2O6S/c1-40-31-18-10-9-17-29(31)36(37(40)27-15-7-4-8-16-27)33(42)25-47-38(43)28-21-22-30(39)35(23-28)48(44,45)41(24-26-13-5-3-6-14-26)32-19-11-12-20-34(32)46-2/h3-23H,24-25H2,1-2H3. The maximum Gasteiger partial charge on any atom is 0.338 e.